The van der Waals surface area contributed by atoms with Crippen LogP contribution in [0, 0.1) is 17.8 Å². The Kier molecular flexibility index (Phi) is 5.32. The van der Waals surface area contributed by atoms with Crippen molar-refractivity contribution < 1.29 is 4.79 Å². The lowest BCUT2D eigenvalue weighted by molar-refractivity contribution is -0.136. The van der Waals surface area contributed by atoms with Crippen molar-refractivity contribution in [2.24, 2.45) is 17.8 Å². The van der Waals surface area contributed by atoms with Crippen LogP contribution < -0.4 is 0 Å². The zero-order valence-corrected chi connectivity index (χ0v) is 16.3. The number of carbonyl (C=O) groups excluding carboxylic acids is 1. The molecule has 1 aromatic rings. The SMILES string of the molecule is CC(C(=O)N1C[C@H]2CN(C)C[C@H]2C1)N1CCC(Cc2ccccc2)CC1. The molecule has 0 aromatic heterocycles. The maximum Gasteiger partial charge on any atom is 0.239 e. The van der Waals surface area contributed by atoms with E-state index in [1.807, 2.05) is 0 Å². The summed E-state index contributed by atoms with van der Waals surface area (Å²) in [6.07, 6.45) is 3.60. The number of likely N-dealkylation sites (tertiary alicyclic amines) is 3. The van der Waals surface area contributed by atoms with E-state index >= 15 is 0 Å². The number of nitrogens with zero attached hydrogens (tertiary/aromatic N) is 3. The first-order valence-corrected chi connectivity index (χ1v) is 10.4. The van der Waals surface area contributed by atoms with Crippen LogP contribution in [-0.4, -0.2) is 73.0 Å². The number of carbonyl (C=O) groups is 1. The number of benzene rings is 1. The van der Waals surface area contributed by atoms with Gasteiger partial charge < -0.3 is 9.80 Å². The van der Waals surface area contributed by atoms with Crippen molar-refractivity contribution in [2.75, 3.05) is 46.3 Å². The van der Waals surface area contributed by atoms with Crippen molar-refractivity contribution >= 4 is 5.91 Å². The largest absolute Gasteiger partial charge is 0.341 e. The van der Waals surface area contributed by atoms with Gasteiger partial charge in [0, 0.05) is 26.2 Å². The predicted molar refractivity (Wildman–Crippen MR) is 105 cm³/mol. The van der Waals surface area contributed by atoms with Crippen LogP contribution in [-0.2, 0) is 11.2 Å². The first-order valence-electron chi connectivity index (χ1n) is 10.4. The molecule has 3 fully saturated rings. The van der Waals surface area contributed by atoms with Gasteiger partial charge in [-0.3, -0.25) is 9.69 Å². The third-order valence-corrected chi connectivity index (χ3v) is 6.90. The summed E-state index contributed by atoms with van der Waals surface area (Å²) in [4.78, 5) is 20.0. The summed E-state index contributed by atoms with van der Waals surface area (Å²) in [5, 5.41) is 0. The molecule has 4 heteroatoms. The van der Waals surface area contributed by atoms with Crippen LogP contribution in [0.1, 0.15) is 25.3 Å². The number of hydrogen-bond donors (Lipinski definition) is 0. The van der Waals surface area contributed by atoms with Crippen LogP contribution in [0.25, 0.3) is 0 Å². The normalized spacial score (nSPS) is 29.1. The second-order valence-corrected chi connectivity index (χ2v) is 8.83. The number of amides is 1. The lowest BCUT2D eigenvalue weighted by atomic mass is 9.89. The number of fused-ring (bicyclic) bond motifs is 1. The summed E-state index contributed by atoms with van der Waals surface area (Å²) in [5.41, 5.74) is 1.45. The third-order valence-electron chi connectivity index (χ3n) is 6.90. The van der Waals surface area contributed by atoms with E-state index in [-0.39, 0.29) is 6.04 Å². The zero-order valence-electron chi connectivity index (χ0n) is 16.3. The zero-order chi connectivity index (χ0) is 18.1. The van der Waals surface area contributed by atoms with Crippen molar-refractivity contribution in [1.29, 1.82) is 0 Å². The van der Waals surface area contributed by atoms with Crippen LogP contribution in [0.2, 0.25) is 0 Å². The Bertz CT molecular complexity index is 597. The highest BCUT2D eigenvalue weighted by molar-refractivity contribution is 5.81. The van der Waals surface area contributed by atoms with Gasteiger partial charge in [0.2, 0.25) is 5.91 Å². The molecule has 0 spiro atoms. The Morgan fingerprint density at radius 1 is 1.04 bits per heavy atom. The Morgan fingerprint density at radius 2 is 1.65 bits per heavy atom. The minimum atomic E-state index is 0.0456. The van der Waals surface area contributed by atoms with Gasteiger partial charge in [-0.25, -0.2) is 0 Å². The van der Waals surface area contributed by atoms with Crippen molar-refractivity contribution in [2.45, 2.75) is 32.2 Å². The smallest absolute Gasteiger partial charge is 0.239 e. The summed E-state index contributed by atoms with van der Waals surface area (Å²) >= 11 is 0. The molecular weight excluding hydrogens is 322 g/mol. The average molecular weight is 356 g/mol. The van der Waals surface area contributed by atoms with E-state index in [1.54, 1.807) is 0 Å². The lowest BCUT2D eigenvalue weighted by Gasteiger charge is -2.37. The van der Waals surface area contributed by atoms with E-state index in [2.05, 4.69) is 59.0 Å². The highest BCUT2D eigenvalue weighted by atomic mass is 16.2. The molecule has 3 atom stereocenters. The van der Waals surface area contributed by atoms with Gasteiger partial charge in [0.05, 0.1) is 6.04 Å². The molecule has 3 heterocycles. The van der Waals surface area contributed by atoms with Gasteiger partial charge in [-0.15, -0.1) is 0 Å². The van der Waals surface area contributed by atoms with Crippen LogP contribution in [0.3, 0.4) is 0 Å². The summed E-state index contributed by atoms with van der Waals surface area (Å²) in [6, 6.07) is 10.9. The number of piperidine rings is 1. The van der Waals surface area contributed by atoms with Crippen molar-refractivity contribution in [3.8, 4) is 0 Å². The van der Waals surface area contributed by atoms with Crippen molar-refractivity contribution in [3.05, 3.63) is 35.9 Å². The monoisotopic (exact) mass is 355 g/mol. The molecule has 0 aliphatic carbocycles. The van der Waals surface area contributed by atoms with Gasteiger partial charge in [-0.05, 0) is 69.6 Å². The molecule has 4 nitrogen and oxygen atoms in total. The van der Waals surface area contributed by atoms with Gasteiger partial charge >= 0.3 is 0 Å². The van der Waals surface area contributed by atoms with Crippen LogP contribution in [0.15, 0.2) is 30.3 Å². The molecule has 1 amide bonds. The maximum absolute atomic E-state index is 13.0. The van der Waals surface area contributed by atoms with E-state index in [0.29, 0.717) is 17.7 Å². The van der Waals surface area contributed by atoms with Gasteiger partial charge in [-0.1, -0.05) is 30.3 Å². The molecule has 4 rings (SSSR count). The number of hydrogen-bond acceptors (Lipinski definition) is 3. The first kappa shape index (κ1) is 18.0. The topological polar surface area (TPSA) is 26.8 Å². The highest BCUT2D eigenvalue weighted by Gasteiger charge is 2.42. The van der Waals surface area contributed by atoms with E-state index < -0.39 is 0 Å². The van der Waals surface area contributed by atoms with Crippen molar-refractivity contribution in [3.63, 3.8) is 0 Å². The van der Waals surface area contributed by atoms with Gasteiger partial charge in [0.15, 0.2) is 0 Å². The summed E-state index contributed by atoms with van der Waals surface area (Å²) < 4.78 is 0. The minimum Gasteiger partial charge on any atom is -0.341 e. The Balaban J connectivity index is 1.26. The Morgan fingerprint density at radius 3 is 2.27 bits per heavy atom. The van der Waals surface area contributed by atoms with Gasteiger partial charge in [0.1, 0.15) is 0 Å². The molecule has 1 aromatic carbocycles. The van der Waals surface area contributed by atoms with E-state index in [4.69, 9.17) is 0 Å². The molecule has 3 aliphatic rings. The second-order valence-electron chi connectivity index (χ2n) is 8.83. The van der Waals surface area contributed by atoms with Crippen LogP contribution in [0.4, 0.5) is 0 Å². The molecule has 142 valence electrons. The molecule has 26 heavy (non-hydrogen) atoms. The van der Waals surface area contributed by atoms with Crippen LogP contribution >= 0.6 is 0 Å². The standard InChI is InChI=1S/C22H33N3O/c1-17(22(26)25-15-20-13-23(2)14-21(20)16-25)24-10-8-19(9-11-24)12-18-6-4-3-5-7-18/h3-7,17,19-21H,8-16H2,1-2H3/t17?,20-,21+. The second kappa shape index (κ2) is 7.69. The summed E-state index contributed by atoms with van der Waals surface area (Å²) in [5.74, 6) is 2.53. The van der Waals surface area contributed by atoms with Crippen molar-refractivity contribution in [1.82, 2.24) is 14.7 Å². The fraction of sp³-hybridized carbons (Fsp3) is 0.682. The molecule has 0 radical (unpaired) electrons. The molecule has 3 saturated heterocycles. The lowest BCUT2D eigenvalue weighted by Crippen LogP contribution is -2.49. The fourth-order valence-corrected chi connectivity index (χ4v) is 5.32. The molecule has 0 bridgehead atoms. The predicted octanol–water partition coefficient (Wildman–Crippen LogP) is 2.35. The number of rotatable bonds is 4. The maximum atomic E-state index is 13.0. The Hall–Kier alpha value is -1.39. The van der Waals surface area contributed by atoms with E-state index in [0.717, 1.165) is 45.2 Å². The first-order chi connectivity index (χ1) is 12.6. The molecule has 3 aliphatic heterocycles. The molecule has 0 N–H and O–H groups in total. The third kappa shape index (κ3) is 3.81. The Labute approximate surface area is 158 Å². The molecule has 0 saturated carbocycles. The van der Waals surface area contributed by atoms with Gasteiger partial charge in [-0.2, -0.15) is 0 Å². The van der Waals surface area contributed by atoms with E-state index in [1.165, 1.54) is 24.8 Å². The molecule has 1 unspecified atom stereocenters. The van der Waals surface area contributed by atoms with Gasteiger partial charge in [0.25, 0.3) is 0 Å². The summed E-state index contributed by atoms with van der Waals surface area (Å²) in [7, 11) is 2.20. The van der Waals surface area contributed by atoms with Crippen LogP contribution in [0.5, 0.6) is 0 Å². The minimum absolute atomic E-state index is 0.0456. The molecular formula is C22H33N3O. The highest BCUT2D eigenvalue weighted by Crippen LogP contribution is 2.31. The summed E-state index contributed by atoms with van der Waals surface area (Å²) in [6.45, 7) is 8.52. The average Bonchev–Trinajstić information content (AvgIpc) is 3.19. The fourth-order valence-electron chi connectivity index (χ4n) is 5.32. The van der Waals surface area contributed by atoms with E-state index in [9.17, 15) is 4.79 Å². The quantitative estimate of drug-likeness (QED) is 0.829.